The number of anilines is 1. The monoisotopic (exact) mass is 256 g/mol. The maximum Gasteiger partial charge on any atom is 0.418 e. The summed E-state index contributed by atoms with van der Waals surface area (Å²) >= 11 is 0. The topological polar surface area (TPSA) is 29.3 Å². The number of fused-ring (bicyclic) bond motifs is 3. The molecule has 3 rings (SSSR count). The van der Waals surface area contributed by atoms with Gasteiger partial charge >= 0.3 is 6.18 Å². The van der Waals surface area contributed by atoms with Crippen LogP contribution >= 0.6 is 0 Å². The Morgan fingerprint density at radius 2 is 2.06 bits per heavy atom. The van der Waals surface area contributed by atoms with Crippen LogP contribution in [0.15, 0.2) is 18.2 Å². The van der Waals surface area contributed by atoms with E-state index in [4.69, 9.17) is 5.73 Å². The first-order valence-corrected chi connectivity index (χ1v) is 6.18. The molecule has 2 heterocycles. The summed E-state index contributed by atoms with van der Waals surface area (Å²) in [4.78, 5) is 1.87. The molecular formula is C13H15F3N2. The molecule has 0 bridgehead atoms. The van der Waals surface area contributed by atoms with Crippen molar-refractivity contribution in [2.24, 2.45) is 5.73 Å². The molecule has 2 aliphatic rings. The van der Waals surface area contributed by atoms with Crippen LogP contribution in [0.2, 0.25) is 0 Å². The molecule has 1 aromatic carbocycles. The van der Waals surface area contributed by atoms with Crippen molar-refractivity contribution in [3.63, 3.8) is 0 Å². The molecule has 98 valence electrons. The van der Waals surface area contributed by atoms with Crippen molar-refractivity contribution in [2.45, 2.75) is 37.5 Å². The van der Waals surface area contributed by atoms with E-state index < -0.39 is 11.7 Å². The predicted octanol–water partition coefficient (Wildman–Crippen LogP) is 2.56. The standard InChI is InChI=1S/C13H15F3N2/c14-13(15,16)11-3-1-2-8-4-5-10-6-9(17)7-18(10)12(8)11/h1-3,9-10H,4-7,17H2. The number of hydrogen-bond acceptors (Lipinski definition) is 2. The third-order valence-corrected chi connectivity index (χ3v) is 3.91. The number of halogens is 3. The lowest BCUT2D eigenvalue weighted by Gasteiger charge is -2.35. The fourth-order valence-electron chi connectivity index (χ4n) is 3.18. The van der Waals surface area contributed by atoms with E-state index in [1.807, 2.05) is 4.90 Å². The van der Waals surface area contributed by atoms with Gasteiger partial charge in [0.05, 0.1) is 11.3 Å². The van der Waals surface area contributed by atoms with Crippen molar-refractivity contribution in [1.82, 2.24) is 0 Å². The third-order valence-electron chi connectivity index (χ3n) is 3.91. The van der Waals surface area contributed by atoms with Gasteiger partial charge in [0.2, 0.25) is 0 Å². The highest BCUT2D eigenvalue weighted by Gasteiger charge is 2.41. The molecule has 18 heavy (non-hydrogen) atoms. The third kappa shape index (κ3) is 1.77. The van der Waals surface area contributed by atoms with E-state index in [-0.39, 0.29) is 12.1 Å². The molecule has 2 unspecified atom stereocenters. The zero-order valence-corrected chi connectivity index (χ0v) is 9.87. The first-order chi connectivity index (χ1) is 8.47. The van der Waals surface area contributed by atoms with Crippen LogP contribution in [0.5, 0.6) is 0 Å². The number of rotatable bonds is 0. The lowest BCUT2D eigenvalue weighted by Crippen LogP contribution is -2.36. The van der Waals surface area contributed by atoms with Crippen molar-refractivity contribution in [2.75, 3.05) is 11.4 Å². The minimum absolute atomic E-state index is 0.0118. The Hall–Kier alpha value is -1.23. The molecule has 1 fully saturated rings. The van der Waals surface area contributed by atoms with Gasteiger partial charge in [0.25, 0.3) is 0 Å². The Kier molecular flexibility index (Phi) is 2.55. The second-order valence-corrected chi connectivity index (χ2v) is 5.15. The van der Waals surface area contributed by atoms with E-state index in [9.17, 15) is 13.2 Å². The second-order valence-electron chi connectivity index (χ2n) is 5.15. The van der Waals surface area contributed by atoms with E-state index in [1.165, 1.54) is 12.1 Å². The van der Waals surface area contributed by atoms with Crippen LogP contribution in [0.25, 0.3) is 0 Å². The van der Waals surface area contributed by atoms with Crippen molar-refractivity contribution in [1.29, 1.82) is 0 Å². The van der Waals surface area contributed by atoms with Gasteiger partial charge in [0.15, 0.2) is 0 Å². The molecular weight excluding hydrogens is 241 g/mol. The fourth-order valence-corrected chi connectivity index (χ4v) is 3.18. The smallest absolute Gasteiger partial charge is 0.366 e. The summed E-state index contributed by atoms with van der Waals surface area (Å²) < 4.78 is 39.2. The molecule has 5 heteroatoms. The summed E-state index contributed by atoms with van der Waals surface area (Å²) in [6, 6.07) is 4.63. The molecule has 2 N–H and O–H groups in total. The van der Waals surface area contributed by atoms with Gasteiger partial charge in [-0.1, -0.05) is 12.1 Å². The Balaban J connectivity index is 2.11. The van der Waals surface area contributed by atoms with E-state index in [1.54, 1.807) is 6.07 Å². The van der Waals surface area contributed by atoms with E-state index >= 15 is 0 Å². The molecule has 0 spiro atoms. The average Bonchev–Trinajstić information content (AvgIpc) is 2.67. The van der Waals surface area contributed by atoms with Crippen LogP contribution < -0.4 is 10.6 Å². The van der Waals surface area contributed by atoms with E-state index in [2.05, 4.69) is 0 Å². The lowest BCUT2D eigenvalue weighted by atomic mass is 9.93. The highest BCUT2D eigenvalue weighted by molar-refractivity contribution is 5.64. The summed E-state index contributed by atoms with van der Waals surface area (Å²) in [5.41, 5.74) is 6.54. The van der Waals surface area contributed by atoms with Gasteiger partial charge in [-0.05, 0) is 30.9 Å². The minimum Gasteiger partial charge on any atom is -0.366 e. The largest absolute Gasteiger partial charge is 0.418 e. The lowest BCUT2D eigenvalue weighted by molar-refractivity contribution is -0.137. The van der Waals surface area contributed by atoms with E-state index in [0.29, 0.717) is 18.7 Å². The maximum absolute atomic E-state index is 13.1. The minimum atomic E-state index is -4.29. The summed E-state index contributed by atoms with van der Waals surface area (Å²) in [6.07, 6.45) is -1.87. The number of aryl methyl sites for hydroxylation is 1. The molecule has 1 aromatic rings. The van der Waals surface area contributed by atoms with Crippen LogP contribution in [0.4, 0.5) is 18.9 Å². The second kappa shape index (κ2) is 3.88. The molecule has 0 aliphatic carbocycles. The van der Waals surface area contributed by atoms with Crippen LogP contribution in [0, 0.1) is 0 Å². The Morgan fingerprint density at radius 3 is 2.78 bits per heavy atom. The van der Waals surface area contributed by atoms with Crippen molar-refractivity contribution >= 4 is 5.69 Å². The molecule has 0 saturated carbocycles. The molecule has 0 amide bonds. The average molecular weight is 256 g/mol. The van der Waals surface area contributed by atoms with Crippen molar-refractivity contribution in [3.05, 3.63) is 29.3 Å². The zero-order valence-electron chi connectivity index (χ0n) is 9.87. The normalized spacial score (nSPS) is 27.0. The Labute approximate surface area is 104 Å². The molecule has 2 atom stereocenters. The maximum atomic E-state index is 13.1. The summed E-state index contributed by atoms with van der Waals surface area (Å²) in [7, 11) is 0. The SMILES string of the molecule is NC1CC2CCc3cccc(C(F)(F)F)c3N2C1. The highest BCUT2D eigenvalue weighted by Crippen LogP contribution is 2.44. The molecule has 2 nitrogen and oxygen atoms in total. The van der Waals surface area contributed by atoms with Gasteiger partial charge in [0.1, 0.15) is 0 Å². The quantitative estimate of drug-likeness (QED) is 0.773. The Bertz CT molecular complexity index is 470. The van der Waals surface area contributed by atoms with Crippen molar-refractivity contribution < 1.29 is 13.2 Å². The van der Waals surface area contributed by atoms with Crippen molar-refractivity contribution in [3.8, 4) is 0 Å². The van der Waals surface area contributed by atoms with Gasteiger partial charge < -0.3 is 10.6 Å². The van der Waals surface area contributed by atoms with Crippen LogP contribution in [-0.2, 0) is 12.6 Å². The van der Waals surface area contributed by atoms with Gasteiger partial charge in [-0.25, -0.2) is 0 Å². The highest BCUT2D eigenvalue weighted by atomic mass is 19.4. The molecule has 0 radical (unpaired) electrons. The van der Waals surface area contributed by atoms with Gasteiger partial charge in [-0.15, -0.1) is 0 Å². The first kappa shape index (κ1) is 11.8. The van der Waals surface area contributed by atoms with Gasteiger partial charge in [-0.3, -0.25) is 0 Å². The van der Waals surface area contributed by atoms with Crippen LogP contribution in [0.3, 0.4) is 0 Å². The number of para-hydroxylation sites is 1. The fraction of sp³-hybridized carbons (Fsp3) is 0.538. The van der Waals surface area contributed by atoms with Gasteiger partial charge in [0, 0.05) is 18.6 Å². The van der Waals surface area contributed by atoms with Gasteiger partial charge in [-0.2, -0.15) is 13.2 Å². The van der Waals surface area contributed by atoms with Crippen LogP contribution in [-0.4, -0.2) is 18.6 Å². The number of hydrogen-bond donors (Lipinski definition) is 1. The van der Waals surface area contributed by atoms with Crippen LogP contribution in [0.1, 0.15) is 24.0 Å². The predicted molar refractivity (Wildman–Crippen MR) is 63.5 cm³/mol. The number of nitrogens with two attached hydrogens (primary N) is 1. The first-order valence-electron chi connectivity index (χ1n) is 6.18. The number of nitrogens with zero attached hydrogens (tertiary/aromatic N) is 1. The summed E-state index contributed by atoms with van der Waals surface area (Å²) in [5.74, 6) is 0. The summed E-state index contributed by atoms with van der Waals surface area (Å²) in [6.45, 7) is 0.532. The zero-order chi connectivity index (χ0) is 12.9. The van der Waals surface area contributed by atoms with E-state index in [0.717, 1.165) is 18.4 Å². The Morgan fingerprint density at radius 1 is 1.28 bits per heavy atom. The molecule has 1 saturated heterocycles. The number of benzene rings is 1. The molecule has 2 aliphatic heterocycles. The molecule has 0 aromatic heterocycles. The summed E-state index contributed by atoms with van der Waals surface area (Å²) in [5, 5.41) is 0. The number of alkyl halides is 3.